The van der Waals surface area contributed by atoms with Gasteiger partial charge in [-0.1, -0.05) is 6.07 Å². The van der Waals surface area contributed by atoms with Crippen molar-refractivity contribution in [1.29, 1.82) is 0 Å². The molecule has 0 amide bonds. The third kappa shape index (κ3) is 3.41. The van der Waals surface area contributed by atoms with Gasteiger partial charge in [-0.2, -0.15) is 4.98 Å². The first-order valence-corrected chi connectivity index (χ1v) is 6.68. The Bertz CT molecular complexity index is 476. The number of rotatable bonds is 5. The summed E-state index contributed by atoms with van der Waals surface area (Å²) in [5.74, 6) is 0.478. The molecule has 0 aliphatic heterocycles. The number of nitrogens with zero attached hydrogens (tertiary/aromatic N) is 2. The summed E-state index contributed by atoms with van der Waals surface area (Å²) in [6, 6.07) is 4.44. The minimum Gasteiger partial charge on any atom is -0.480 e. The molecule has 0 unspecified atom stereocenters. The summed E-state index contributed by atoms with van der Waals surface area (Å²) in [5, 5.41) is 2.05. The van der Waals surface area contributed by atoms with Crippen molar-refractivity contribution in [2.45, 2.75) is 6.42 Å². The molecule has 2 rings (SSSR count). The lowest BCUT2D eigenvalue weighted by Gasteiger charge is -2.05. The standard InChI is InChI=1S/C11H11BrN2O2S/c1-15-10-9(12)7-13-11(14-10)16-5-4-8-3-2-6-17-8/h2-3,6-7H,4-5H2,1H3. The predicted molar refractivity (Wildman–Crippen MR) is 69.8 cm³/mol. The third-order valence-electron chi connectivity index (χ3n) is 2.04. The van der Waals surface area contributed by atoms with Gasteiger partial charge in [0.25, 0.3) is 0 Å². The van der Waals surface area contributed by atoms with Crippen molar-refractivity contribution >= 4 is 27.3 Å². The van der Waals surface area contributed by atoms with E-state index in [9.17, 15) is 0 Å². The van der Waals surface area contributed by atoms with E-state index < -0.39 is 0 Å². The van der Waals surface area contributed by atoms with E-state index in [0.717, 1.165) is 6.42 Å². The Morgan fingerprint density at radius 2 is 2.35 bits per heavy atom. The summed E-state index contributed by atoms with van der Waals surface area (Å²) < 4.78 is 11.2. The van der Waals surface area contributed by atoms with Gasteiger partial charge in [-0.05, 0) is 27.4 Å². The van der Waals surface area contributed by atoms with Crippen LogP contribution in [-0.4, -0.2) is 23.7 Å². The van der Waals surface area contributed by atoms with Gasteiger partial charge in [0.15, 0.2) is 0 Å². The van der Waals surface area contributed by atoms with Crippen LogP contribution in [0.4, 0.5) is 0 Å². The maximum Gasteiger partial charge on any atom is 0.319 e. The highest BCUT2D eigenvalue weighted by Crippen LogP contribution is 2.22. The van der Waals surface area contributed by atoms with E-state index >= 15 is 0 Å². The van der Waals surface area contributed by atoms with Gasteiger partial charge in [-0.15, -0.1) is 11.3 Å². The zero-order valence-electron chi connectivity index (χ0n) is 9.22. The Hall–Kier alpha value is -1.14. The monoisotopic (exact) mass is 314 g/mol. The third-order valence-corrected chi connectivity index (χ3v) is 3.52. The van der Waals surface area contributed by atoms with E-state index in [-0.39, 0.29) is 0 Å². The Balaban J connectivity index is 1.90. The molecular weight excluding hydrogens is 304 g/mol. The second-order valence-electron chi connectivity index (χ2n) is 3.19. The topological polar surface area (TPSA) is 44.2 Å². The van der Waals surface area contributed by atoms with Gasteiger partial charge in [0.2, 0.25) is 5.88 Å². The van der Waals surface area contributed by atoms with Crippen LogP contribution in [0.5, 0.6) is 11.9 Å². The summed E-state index contributed by atoms with van der Waals surface area (Å²) in [4.78, 5) is 9.45. The maximum atomic E-state index is 5.46. The number of thiophene rings is 1. The fourth-order valence-electron chi connectivity index (χ4n) is 1.25. The Morgan fingerprint density at radius 1 is 1.47 bits per heavy atom. The van der Waals surface area contributed by atoms with Gasteiger partial charge in [0.1, 0.15) is 0 Å². The average Bonchev–Trinajstić information content (AvgIpc) is 2.84. The predicted octanol–water partition coefficient (Wildman–Crippen LogP) is 2.93. The van der Waals surface area contributed by atoms with Crippen molar-refractivity contribution in [1.82, 2.24) is 9.97 Å². The molecule has 0 aliphatic rings. The molecule has 0 atom stereocenters. The molecule has 0 saturated carbocycles. The van der Waals surface area contributed by atoms with Crippen molar-refractivity contribution in [3.05, 3.63) is 33.1 Å². The highest BCUT2D eigenvalue weighted by Gasteiger charge is 2.05. The van der Waals surface area contributed by atoms with E-state index in [2.05, 4.69) is 37.3 Å². The van der Waals surface area contributed by atoms with E-state index in [4.69, 9.17) is 9.47 Å². The molecule has 0 fully saturated rings. The summed E-state index contributed by atoms with van der Waals surface area (Å²) >= 11 is 5.00. The van der Waals surface area contributed by atoms with Crippen molar-refractivity contribution in [3.63, 3.8) is 0 Å². The Kier molecular flexibility index (Phi) is 4.33. The smallest absolute Gasteiger partial charge is 0.319 e. The summed E-state index contributed by atoms with van der Waals surface area (Å²) in [6.45, 7) is 0.561. The van der Waals surface area contributed by atoms with Crippen LogP contribution in [0.25, 0.3) is 0 Å². The zero-order valence-corrected chi connectivity index (χ0v) is 11.6. The lowest BCUT2D eigenvalue weighted by Crippen LogP contribution is -2.04. The number of methoxy groups -OCH3 is 1. The Morgan fingerprint density at radius 3 is 3.06 bits per heavy atom. The molecule has 2 aromatic rings. The van der Waals surface area contributed by atoms with Gasteiger partial charge in [0.05, 0.1) is 24.4 Å². The van der Waals surface area contributed by atoms with Gasteiger partial charge >= 0.3 is 6.01 Å². The molecule has 0 saturated heterocycles. The van der Waals surface area contributed by atoms with E-state index in [1.54, 1.807) is 24.6 Å². The highest BCUT2D eigenvalue weighted by atomic mass is 79.9. The summed E-state index contributed by atoms with van der Waals surface area (Å²) in [7, 11) is 1.56. The van der Waals surface area contributed by atoms with Crippen molar-refractivity contribution in [2.24, 2.45) is 0 Å². The molecular formula is C11H11BrN2O2S. The van der Waals surface area contributed by atoms with Crippen molar-refractivity contribution in [3.8, 4) is 11.9 Å². The average molecular weight is 315 g/mol. The van der Waals surface area contributed by atoms with Gasteiger partial charge < -0.3 is 9.47 Å². The normalized spacial score (nSPS) is 10.2. The maximum absolute atomic E-state index is 5.46. The lowest BCUT2D eigenvalue weighted by atomic mass is 10.4. The Labute approximate surface area is 112 Å². The second kappa shape index (κ2) is 5.97. The first-order valence-electron chi connectivity index (χ1n) is 5.01. The van der Waals surface area contributed by atoms with Crippen molar-refractivity contribution in [2.75, 3.05) is 13.7 Å². The van der Waals surface area contributed by atoms with E-state index in [0.29, 0.717) is 23.0 Å². The second-order valence-corrected chi connectivity index (χ2v) is 5.07. The lowest BCUT2D eigenvalue weighted by molar-refractivity contribution is 0.288. The molecule has 6 heteroatoms. The molecule has 17 heavy (non-hydrogen) atoms. The van der Waals surface area contributed by atoms with Gasteiger partial charge in [0, 0.05) is 11.3 Å². The van der Waals surface area contributed by atoms with Crippen LogP contribution in [0.15, 0.2) is 28.2 Å². The molecule has 0 aromatic carbocycles. The van der Waals surface area contributed by atoms with Crippen LogP contribution < -0.4 is 9.47 Å². The van der Waals surface area contributed by atoms with Gasteiger partial charge in [-0.3, -0.25) is 0 Å². The fourth-order valence-corrected chi connectivity index (χ4v) is 2.29. The summed E-state index contributed by atoms with van der Waals surface area (Å²) in [5.41, 5.74) is 0. The quantitative estimate of drug-likeness (QED) is 0.851. The van der Waals surface area contributed by atoms with Crippen molar-refractivity contribution < 1.29 is 9.47 Å². The molecule has 0 bridgehead atoms. The van der Waals surface area contributed by atoms with Crippen LogP contribution in [0.3, 0.4) is 0 Å². The number of hydrogen-bond donors (Lipinski definition) is 0. The van der Waals surface area contributed by atoms with E-state index in [1.165, 1.54) is 4.88 Å². The number of hydrogen-bond acceptors (Lipinski definition) is 5. The number of ether oxygens (including phenoxy) is 2. The summed E-state index contributed by atoms with van der Waals surface area (Å²) in [6.07, 6.45) is 2.48. The van der Waals surface area contributed by atoms with E-state index in [1.807, 2.05) is 6.07 Å². The highest BCUT2D eigenvalue weighted by molar-refractivity contribution is 9.10. The van der Waals surface area contributed by atoms with Crippen LogP contribution in [0.1, 0.15) is 4.88 Å². The number of aromatic nitrogens is 2. The molecule has 4 nitrogen and oxygen atoms in total. The molecule has 2 heterocycles. The molecule has 0 aliphatic carbocycles. The first-order chi connectivity index (χ1) is 8.29. The van der Waals surface area contributed by atoms with Gasteiger partial charge in [-0.25, -0.2) is 4.98 Å². The molecule has 90 valence electrons. The van der Waals surface area contributed by atoms with Crippen LogP contribution in [0.2, 0.25) is 0 Å². The number of halogens is 1. The first kappa shape index (κ1) is 12.3. The zero-order chi connectivity index (χ0) is 12.1. The largest absolute Gasteiger partial charge is 0.480 e. The van der Waals surface area contributed by atoms with Crippen LogP contribution >= 0.6 is 27.3 Å². The minimum atomic E-state index is 0.335. The molecule has 0 spiro atoms. The molecule has 2 aromatic heterocycles. The van der Waals surface area contributed by atoms with Crippen LogP contribution in [0, 0.1) is 0 Å². The minimum absolute atomic E-state index is 0.335. The SMILES string of the molecule is COc1nc(OCCc2cccs2)ncc1Br. The molecule has 0 N–H and O–H groups in total. The fraction of sp³-hybridized carbons (Fsp3) is 0.273. The van der Waals surface area contributed by atoms with Crippen LogP contribution in [-0.2, 0) is 6.42 Å². The molecule has 0 radical (unpaired) electrons.